The molecule has 14 heavy (non-hydrogen) atoms. The van der Waals surface area contributed by atoms with Gasteiger partial charge in [-0.3, -0.25) is 0 Å². The van der Waals surface area contributed by atoms with Crippen molar-refractivity contribution in [2.45, 2.75) is 38.3 Å². The lowest BCUT2D eigenvalue weighted by Crippen LogP contribution is -2.40. The molecule has 5 nitrogen and oxygen atoms in total. The van der Waals surface area contributed by atoms with Gasteiger partial charge in [0.15, 0.2) is 0 Å². The van der Waals surface area contributed by atoms with E-state index in [4.69, 9.17) is 15.7 Å². The number of nitrogens with one attached hydrogen (secondary N) is 1. The summed E-state index contributed by atoms with van der Waals surface area (Å²) < 4.78 is 5.26. The number of hydrogen-bond acceptors (Lipinski definition) is 4. The van der Waals surface area contributed by atoms with Gasteiger partial charge in [-0.1, -0.05) is 12.1 Å². The predicted octanol–water partition coefficient (Wildman–Crippen LogP) is 0.280. The van der Waals surface area contributed by atoms with Crippen molar-refractivity contribution in [2.75, 3.05) is 13.2 Å². The Labute approximate surface area is 84.3 Å². The molecule has 2 unspecified atom stereocenters. The van der Waals surface area contributed by atoms with Crippen LogP contribution in [0.2, 0.25) is 0 Å². The molecule has 0 saturated carbocycles. The Hall–Kier alpha value is -0.810. The molecule has 1 fully saturated rings. The largest absolute Gasteiger partial charge is 0.409 e. The molecule has 1 heterocycles. The lowest BCUT2D eigenvalue weighted by atomic mass is 10.1. The first-order chi connectivity index (χ1) is 6.76. The summed E-state index contributed by atoms with van der Waals surface area (Å²) >= 11 is 0. The van der Waals surface area contributed by atoms with Crippen molar-refractivity contribution in [2.24, 2.45) is 10.9 Å². The van der Waals surface area contributed by atoms with Gasteiger partial charge in [-0.25, -0.2) is 0 Å². The van der Waals surface area contributed by atoms with Gasteiger partial charge in [-0.2, -0.15) is 0 Å². The zero-order valence-corrected chi connectivity index (χ0v) is 8.57. The Morgan fingerprint density at radius 1 is 1.79 bits per heavy atom. The van der Waals surface area contributed by atoms with Crippen molar-refractivity contribution >= 4 is 5.84 Å². The molecule has 0 amide bonds. The molecule has 1 aliphatic rings. The molecule has 0 spiro atoms. The Kier molecular flexibility index (Phi) is 4.69. The van der Waals surface area contributed by atoms with Crippen molar-refractivity contribution in [3.05, 3.63) is 0 Å². The molecule has 0 radical (unpaired) electrons. The summed E-state index contributed by atoms with van der Waals surface area (Å²) in [7, 11) is 0. The number of ether oxygens (including phenoxy) is 1. The summed E-state index contributed by atoms with van der Waals surface area (Å²) in [5.41, 5.74) is 5.45. The summed E-state index contributed by atoms with van der Waals surface area (Å²) in [6.07, 6.45) is 2.60. The summed E-state index contributed by atoms with van der Waals surface area (Å²) in [5, 5.41) is 14.9. The number of amidine groups is 1. The lowest BCUT2D eigenvalue weighted by Gasteiger charge is -2.20. The van der Waals surface area contributed by atoms with E-state index < -0.39 is 0 Å². The first-order valence-corrected chi connectivity index (χ1v) is 5.06. The molecular formula is C9H19N3O2. The van der Waals surface area contributed by atoms with Crippen LogP contribution >= 0.6 is 0 Å². The maximum absolute atomic E-state index is 8.45. The molecule has 4 N–H and O–H groups in total. The van der Waals surface area contributed by atoms with E-state index in [1.807, 2.05) is 0 Å². The van der Waals surface area contributed by atoms with Gasteiger partial charge in [0.2, 0.25) is 0 Å². The third kappa shape index (κ3) is 3.51. The Morgan fingerprint density at radius 3 is 3.07 bits per heavy atom. The number of rotatable bonds is 5. The van der Waals surface area contributed by atoms with E-state index in [2.05, 4.69) is 17.4 Å². The second kappa shape index (κ2) is 5.82. The van der Waals surface area contributed by atoms with Crippen molar-refractivity contribution < 1.29 is 9.94 Å². The average molecular weight is 201 g/mol. The summed E-state index contributed by atoms with van der Waals surface area (Å²) in [4.78, 5) is 0. The quantitative estimate of drug-likeness (QED) is 0.258. The SMILES string of the molecule is CCC(CC(N)=NO)NC1CCOC1. The molecule has 2 atom stereocenters. The molecule has 82 valence electrons. The van der Waals surface area contributed by atoms with Gasteiger partial charge >= 0.3 is 0 Å². The second-order valence-electron chi connectivity index (χ2n) is 3.63. The highest BCUT2D eigenvalue weighted by atomic mass is 16.5. The van der Waals surface area contributed by atoms with Gasteiger partial charge < -0.3 is 21.0 Å². The van der Waals surface area contributed by atoms with Gasteiger partial charge in [0, 0.05) is 25.1 Å². The van der Waals surface area contributed by atoms with Gasteiger partial charge in [0.25, 0.3) is 0 Å². The van der Waals surface area contributed by atoms with Crippen molar-refractivity contribution in [3.8, 4) is 0 Å². The highest BCUT2D eigenvalue weighted by Gasteiger charge is 2.19. The molecular weight excluding hydrogens is 182 g/mol. The molecule has 0 aliphatic carbocycles. The minimum atomic E-state index is 0.276. The number of nitrogens with zero attached hydrogens (tertiary/aromatic N) is 1. The van der Waals surface area contributed by atoms with Crippen LogP contribution < -0.4 is 11.1 Å². The molecule has 0 aromatic rings. The van der Waals surface area contributed by atoms with E-state index in [-0.39, 0.29) is 11.9 Å². The van der Waals surface area contributed by atoms with Crippen molar-refractivity contribution in [1.29, 1.82) is 0 Å². The van der Waals surface area contributed by atoms with Crippen molar-refractivity contribution in [3.63, 3.8) is 0 Å². The van der Waals surface area contributed by atoms with Crippen LogP contribution in [0.25, 0.3) is 0 Å². The standard InChI is InChI=1S/C9H19N3O2/c1-2-7(5-9(10)12-13)11-8-3-4-14-6-8/h7-8,11,13H,2-6H2,1H3,(H2,10,12). The van der Waals surface area contributed by atoms with Crippen LogP contribution in [0.15, 0.2) is 5.16 Å². The maximum Gasteiger partial charge on any atom is 0.140 e. The smallest absolute Gasteiger partial charge is 0.140 e. The van der Waals surface area contributed by atoms with Gasteiger partial charge in [0.05, 0.1) is 6.61 Å². The van der Waals surface area contributed by atoms with E-state index in [9.17, 15) is 0 Å². The zero-order chi connectivity index (χ0) is 10.4. The number of hydrogen-bond donors (Lipinski definition) is 3. The van der Waals surface area contributed by atoms with Gasteiger partial charge in [-0.15, -0.1) is 0 Å². The fourth-order valence-electron chi connectivity index (χ4n) is 1.61. The van der Waals surface area contributed by atoms with Crippen LogP contribution in [-0.2, 0) is 4.74 Å². The highest BCUT2D eigenvalue weighted by Crippen LogP contribution is 2.07. The van der Waals surface area contributed by atoms with Crippen LogP contribution in [0.1, 0.15) is 26.2 Å². The van der Waals surface area contributed by atoms with Crippen molar-refractivity contribution in [1.82, 2.24) is 5.32 Å². The Balaban J connectivity index is 2.30. The maximum atomic E-state index is 8.45. The normalized spacial score (nSPS) is 25.2. The molecule has 5 heteroatoms. The summed E-state index contributed by atoms with van der Waals surface area (Å²) in [5.74, 6) is 0.281. The highest BCUT2D eigenvalue weighted by molar-refractivity contribution is 5.80. The van der Waals surface area contributed by atoms with Crippen LogP contribution in [0.3, 0.4) is 0 Å². The predicted molar refractivity (Wildman–Crippen MR) is 54.5 cm³/mol. The number of oxime groups is 1. The number of nitrogens with two attached hydrogens (primary N) is 1. The van der Waals surface area contributed by atoms with E-state index in [1.54, 1.807) is 0 Å². The fraction of sp³-hybridized carbons (Fsp3) is 0.889. The van der Waals surface area contributed by atoms with Crippen LogP contribution in [0, 0.1) is 0 Å². The van der Waals surface area contributed by atoms with Gasteiger partial charge in [-0.05, 0) is 12.8 Å². The monoisotopic (exact) mass is 201 g/mol. The first kappa shape index (κ1) is 11.3. The Morgan fingerprint density at radius 2 is 2.57 bits per heavy atom. The molecule has 1 aliphatic heterocycles. The fourth-order valence-corrected chi connectivity index (χ4v) is 1.61. The zero-order valence-electron chi connectivity index (χ0n) is 8.57. The second-order valence-corrected chi connectivity index (χ2v) is 3.63. The van der Waals surface area contributed by atoms with E-state index in [1.165, 1.54) is 0 Å². The topological polar surface area (TPSA) is 79.9 Å². The average Bonchev–Trinajstić information content (AvgIpc) is 2.69. The molecule has 0 aromatic carbocycles. The molecule has 1 saturated heterocycles. The van der Waals surface area contributed by atoms with E-state index in [0.29, 0.717) is 12.5 Å². The van der Waals surface area contributed by atoms with Crippen LogP contribution in [-0.4, -0.2) is 36.3 Å². The lowest BCUT2D eigenvalue weighted by molar-refractivity contribution is 0.187. The van der Waals surface area contributed by atoms with Crippen LogP contribution in [0.5, 0.6) is 0 Å². The van der Waals surface area contributed by atoms with Crippen LogP contribution in [0.4, 0.5) is 0 Å². The molecule has 0 aromatic heterocycles. The summed E-state index contributed by atoms with van der Waals surface area (Å²) in [6.45, 7) is 3.68. The molecule has 1 rings (SSSR count). The first-order valence-electron chi connectivity index (χ1n) is 5.06. The van der Waals surface area contributed by atoms with E-state index >= 15 is 0 Å². The summed E-state index contributed by atoms with van der Waals surface area (Å²) in [6, 6.07) is 0.698. The molecule has 0 bridgehead atoms. The third-order valence-corrected chi connectivity index (χ3v) is 2.48. The minimum absolute atomic E-state index is 0.276. The van der Waals surface area contributed by atoms with E-state index in [0.717, 1.165) is 26.1 Å². The Bertz CT molecular complexity index is 190. The minimum Gasteiger partial charge on any atom is -0.409 e. The third-order valence-electron chi connectivity index (χ3n) is 2.48. The van der Waals surface area contributed by atoms with Gasteiger partial charge in [0.1, 0.15) is 5.84 Å².